The quantitative estimate of drug-likeness (QED) is 0.362. The van der Waals surface area contributed by atoms with Crippen LogP contribution in [0.4, 0.5) is 0 Å². The van der Waals surface area contributed by atoms with Crippen molar-refractivity contribution < 1.29 is 0 Å². The summed E-state index contributed by atoms with van der Waals surface area (Å²) in [4.78, 5) is 24.3. The number of pyridine rings is 1. The van der Waals surface area contributed by atoms with Gasteiger partial charge in [0.2, 0.25) is 0 Å². The number of aromatic nitrogens is 3. The lowest BCUT2D eigenvalue weighted by Gasteiger charge is -2.13. The summed E-state index contributed by atoms with van der Waals surface area (Å²) < 4.78 is 0. The molecule has 7 heteroatoms. The number of rotatable bonds is 3. The Bertz CT molecular complexity index is 1540. The Kier molecular flexibility index (Phi) is 4.33. The molecule has 5 aromatic rings. The van der Waals surface area contributed by atoms with Crippen LogP contribution >= 0.6 is 11.6 Å². The Balaban J connectivity index is 1.49. The molecule has 2 aromatic heterocycles. The molecule has 1 atom stereocenters. The van der Waals surface area contributed by atoms with E-state index in [4.69, 9.17) is 16.6 Å². The molecular formula is C25H18ClN5O. The van der Waals surface area contributed by atoms with Crippen molar-refractivity contribution in [3.05, 3.63) is 99.6 Å². The highest BCUT2D eigenvalue weighted by atomic mass is 35.5. The van der Waals surface area contributed by atoms with E-state index in [9.17, 15) is 4.79 Å². The molecule has 156 valence electrons. The standard InChI is InChI=1S/C25H18ClN5O/c26-15-10-11-17-16(12-15)22(14-6-2-1-3-7-14)23(25(32)29-17)20-13-21(31-30-20)24-27-18-8-4-5-9-19(18)28-24/h1-12,21,31H,13H2,(H,27,28)(H,29,32)/t21-/m0/s1. The Labute approximate surface area is 188 Å². The fraction of sp³-hybridized carbons (Fsp3) is 0.0800. The number of nitrogens with one attached hydrogen (secondary N) is 3. The summed E-state index contributed by atoms with van der Waals surface area (Å²) in [7, 11) is 0. The number of nitrogens with zero attached hydrogens (tertiary/aromatic N) is 2. The number of hydrogen-bond acceptors (Lipinski definition) is 4. The normalized spacial score (nSPS) is 15.8. The molecule has 0 aliphatic carbocycles. The minimum absolute atomic E-state index is 0.143. The number of benzene rings is 3. The molecule has 3 N–H and O–H groups in total. The Morgan fingerprint density at radius 2 is 1.69 bits per heavy atom. The number of imidazole rings is 1. The molecule has 0 bridgehead atoms. The summed E-state index contributed by atoms with van der Waals surface area (Å²) in [6, 6.07) is 23.1. The topological polar surface area (TPSA) is 85.9 Å². The first-order valence-electron chi connectivity index (χ1n) is 10.4. The van der Waals surface area contributed by atoms with Gasteiger partial charge >= 0.3 is 0 Å². The van der Waals surface area contributed by atoms with Crippen molar-refractivity contribution >= 4 is 39.2 Å². The lowest BCUT2D eigenvalue weighted by molar-refractivity contribution is 0.591. The smallest absolute Gasteiger partial charge is 0.258 e. The van der Waals surface area contributed by atoms with Crippen molar-refractivity contribution in [2.24, 2.45) is 5.10 Å². The molecule has 0 spiro atoms. The fourth-order valence-corrected chi connectivity index (χ4v) is 4.51. The first kappa shape index (κ1) is 18.8. The highest BCUT2D eigenvalue weighted by Crippen LogP contribution is 2.34. The first-order valence-corrected chi connectivity index (χ1v) is 10.7. The van der Waals surface area contributed by atoms with Crippen LogP contribution in [0.2, 0.25) is 5.02 Å². The van der Waals surface area contributed by atoms with Crippen LogP contribution in [0.1, 0.15) is 23.9 Å². The Morgan fingerprint density at radius 1 is 0.875 bits per heavy atom. The molecule has 0 amide bonds. The SMILES string of the molecule is O=c1[nH]c2ccc(Cl)cc2c(-c2ccccc2)c1C1=NN[C@H](c2nc3ccccc3[nH]2)C1. The number of para-hydroxylation sites is 2. The van der Waals surface area contributed by atoms with Gasteiger partial charge < -0.3 is 9.97 Å². The predicted molar refractivity (Wildman–Crippen MR) is 128 cm³/mol. The molecule has 0 radical (unpaired) electrons. The highest BCUT2D eigenvalue weighted by molar-refractivity contribution is 6.31. The van der Waals surface area contributed by atoms with E-state index < -0.39 is 0 Å². The van der Waals surface area contributed by atoms with Crippen LogP contribution in [0.25, 0.3) is 33.1 Å². The van der Waals surface area contributed by atoms with E-state index in [-0.39, 0.29) is 11.6 Å². The fourth-order valence-electron chi connectivity index (χ4n) is 4.34. The average Bonchev–Trinajstić information content (AvgIpc) is 3.46. The maximum absolute atomic E-state index is 13.3. The molecular weight excluding hydrogens is 422 g/mol. The summed E-state index contributed by atoms with van der Waals surface area (Å²) in [5, 5.41) is 6.06. The van der Waals surface area contributed by atoms with Gasteiger partial charge in [-0.15, -0.1) is 0 Å². The van der Waals surface area contributed by atoms with Gasteiger partial charge in [0.15, 0.2) is 0 Å². The molecule has 1 aliphatic heterocycles. The molecule has 1 aliphatic rings. The van der Waals surface area contributed by atoms with Crippen molar-refractivity contribution in [2.45, 2.75) is 12.5 Å². The third-order valence-corrected chi connectivity index (χ3v) is 6.05. The summed E-state index contributed by atoms with van der Waals surface area (Å²) >= 11 is 6.32. The summed E-state index contributed by atoms with van der Waals surface area (Å²) in [5.41, 5.74) is 8.62. The minimum atomic E-state index is -0.176. The zero-order valence-corrected chi connectivity index (χ0v) is 17.6. The number of H-pyrrole nitrogens is 2. The molecule has 3 heterocycles. The molecule has 0 saturated carbocycles. The number of hydrazone groups is 1. The monoisotopic (exact) mass is 439 g/mol. The number of hydrogen-bond donors (Lipinski definition) is 3. The van der Waals surface area contributed by atoms with E-state index in [1.165, 1.54) is 0 Å². The van der Waals surface area contributed by atoms with Crippen LogP contribution in [0.3, 0.4) is 0 Å². The van der Waals surface area contributed by atoms with Crippen molar-refractivity contribution in [2.75, 3.05) is 0 Å². The second kappa shape index (κ2) is 7.35. The zero-order valence-electron chi connectivity index (χ0n) is 16.9. The largest absolute Gasteiger partial charge is 0.340 e. The maximum Gasteiger partial charge on any atom is 0.258 e. The van der Waals surface area contributed by atoms with E-state index in [0.29, 0.717) is 22.7 Å². The van der Waals surface area contributed by atoms with Gasteiger partial charge in [0.05, 0.1) is 22.3 Å². The first-order chi connectivity index (χ1) is 15.7. The van der Waals surface area contributed by atoms with Crippen LogP contribution in [-0.4, -0.2) is 20.7 Å². The second-order valence-corrected chi connectivity index (χ2v) is 8.28. The number of halogens is 1. The van der Waals surface area contributed by atoms with E-state index >= 15 is 0 Å². The van der Waals surface area contributed by atoms with E-state index in [1.807, 2.05) is 66.7 Å². The van der Waals surface area contributed by atoms with Crippen LogP contribution < -0.4 is 11.0 Å². The van der Waals surface area contributed by atoms with Gasteiger partial charge in [-0.3, -0.25) is 10.2 Å². The summed E-state index contributed by atoms with van der Waals surface area (Å²) in [6.45, 7) is 0. The van der Waals surface area contributed by atoms with Crippen molar-refractivity contribution in [3.63, 3.8) is 0 Å². The highest BCUT2D eigenvalue weighted by Gasteiger charge is 2.28. The lowest BCUT2D eigenvalue weighted by Crippen LogP contribution is -2.20. The third kappa shape index (κ3) is 3.08. The lowest BCUT2D eigenvalue weighted by atomic mass is 9.92. The van der Waals surface area contributed by atoms with Crippen molar-refractivity contribution in [1.82, 2.24) is 20.4 Å². The van der Waals surface area contributed by atoms with Gasteiger partial charge in [-0.25, -0.2) is 4.98 Å². The van der Waals surface area contributed by atoms with Gasteiger partial charge in [0.25, 0.3) is 5.56 Å². The Morgan fingerprint density at radius 3 is 2.53 bits per heavy atom. The van der Waals surface area contributed by atoms with Crippen LogP contribution in [0.15, 0.2) is 82.7 Å². The molecule has 0 fully saturated rings. The molecule has 3 aromatic carbocycles. The predicted octanol–water partition coefficient (Wildman–Crippen LogP) is 5.16. The van der Waals surface area contributed by atoms with Gasteiger partial charge in [0, 0.05) is 27.9 Å². The molecule has 6 nitrogen and oxygen atoms in total. The average molecular weight is 440 g/mol. The van der Waals surface area contributed by atoms with E-state index in [1.54, 1.807) is 6.07 Å². The van der Waals surface area contributed by atoms with Gasteiger partial charge in [-0.2, -0.15) is 5.10 Å². The van der Waals surface area contributed by atoms with Crippen LogP contribution in [-0.2, 0) is 0 Å². The number of aromatic amines is 2. The van der Waals surface area contributed by atoms with Crippen molar-refractivity contribution in [3.8, 4) is 11.1 Å². The van der Waals surface area contributed by atoms with Crippen LogP contribution in [0, 0.1) is 0 Å². The van der Waals surface area contributed by atoms with E-state index in [2.05, 4.69) is 20.5 Å². The molecule has 6 rings (SSSR count). The minimum Gasteiger partial charge on any atom is -0.340 e. The van der Waals surface area contributed by atoms with Gasteiger partial charge in [-0.05, 0) is 35.9 Å². The maximum atomic E-state index is 13.3. The Hall–Kier alpha value is -3.90. The van der Waals surface area contributed by atoms with Gasteiger partial charge in [-0.1, -0.05) is 54.1 Å². The number of fused-ring (bicyclic) bond motifs is 2. The molecule has 0 unspecified atom stereocenters. The summed E-state index contributed by atoms with van der Waals surface area (Å²) in [5.74, 6) is 0.798. The third-order valence-electron chi connectivity index (χ3n) is 5.82. The van der Waals surface area contributed by atoms with Gasteiger partial charge in [0.1, 0.15) is 11.9 Å². The van der Waals surface area contributed by atoms with Crippen LogP contribution in [0.5, 0.6) is 0 Å². The molecule has 0 saturated heterocycles. The summed E-state index contributed by atoms with van der Waals surface area (Å²) in [6.07, 6.45) is 0.537. The van der Waals surface area contributed by atoms with Crippen molar-refractivity contribution in [1.29, 1.82) is 0 Å². The second-order valence-electron chi connectivity index (χ2n) is 7.84. The van der Waals surface area contributed by atoms with E-state index in [0.717, 1.165) is 38.9 Å². The molecule has 32 heavy (non-hydrogen) atoms. The zero-order chi connectivity index (χ0) is 21.7.